The van der Waals surface area contributed by atoms with Gasteiger partial charge in [0.25, 0.3) is 0 Å². The zero-order valence-electron chi connectivity index (χ0n) is 10.5. The number of nitro groups is 1. The predicted molar refractivity (Wildman–Crippen MR) is 65.5 cm³/mol. The van der Waals surface area contributed by atoms with Crippen molar-refractivity contribution in [2.24, 2.45) is 5.92 Å². The molecule has 1 unspecified atom stereocenters. The van der Waals surface area contributed by atoms with Crippen molar-refractivity contribution in [3.63, 3.8) is 0 Å². The molecule has 0 bridgehead atoms. The molecule has 0 spiro atoms. The maximum atomic E-state index is 13.5. The van der Waals surface area contributed by atoms with E-state index in [1.165, 1.54) is 19.2 Å². The topological polar surface area (TPSA) is 89.8 Å². The molecule has 1 aliphatic rings. The Labute approximate surface area is 113 Å². The van der Waals surface area contributed by atoms with Crippen molar-refractivity contribution in [2.75, 3.05) is 18.6 Å². The van der Waals surface area contributed by atoms with Gasteiger partial charge in [0.15, 0.2) is 0 Å². The van der Waals surface area contributed by atoms with Crippen molar-refractivity contribution in [3.05, 3.63) is 34.1 Å². The lowest BCUT2D eigenvalue weighted by atomic mass is 10.1. The molecule has 1 fully saturated rings. The first-order valence-corrected chi connectivity index (χ1v) is 5.76. The maximum absolute atomic E-state index is 13.5. The molecule has 1 heterocycles. The highest BCUT2D eigenvalue weighted by atomic mass is 19.1. The van der Waals surface area contributed by atoms with Crippen LogP contribution in [0, 0.1) is 21.8 Å². The number of hydrogen-bond acceptors (Lipinski definition) is 5. The number of carbonyl (C=O) groups is 2. The summed E-state index contributed by atoms with van der Waals surface area (Å²) in [5, 5.41) is 10.9. The molecule has 7 nitrogen and oxygen atoms in total. The zero-order valence-corrected chi connectivity index (χ0v) is 10.5. The molecule has 106 valence electrons. The minimum absolute atomic E-state index is 0.0597. The number of esters is 1. The molecular formula is C12H11FN2O5. The van der Waals surface area contributed by atoms with E-state index < -0.39 is 34.2 Å². The number of rotatable bonds is 3. The fourth-order valence-electron chi connectivity index (χ4n) is 2.17. The van der Waals surface area contributed by atoms with Crippen molar-refractivity contribution in [3.8, 4) is 0 Å². The van der Waals surface area contributed by atoms with Gasteiger partial charge in [-0.1, -0.05) is 6.07 Å². The van der Waals surface area contributed by atoms with Gasteiger partial charge in [-0.25, -0.2) is 0 Å². The van der Waals surface area contributed by atoms with Gasteiger partial charge in [-0.05, 0) is 12.1 Å². The van der Waals surface area contributed by atoms with Crippen LogP contribution in [-0.4, -0.2) is 30.5 Å². The third-order valence-corrected chi connectivity index (χ3v) is 3.10. The lowest BCUT2D eigenvalue weighted by Gasteiger charge is -2.16. The number of ether oxygens (including phenoxy) is 1. The molecule has 0 aromatic heterocycles. The highest BCUT2D eigenvalue weighted by Crippen LogP contribution is 2.34. The largest absolute Gasteiger partial charge is 0.469 e. The summed E-state index contributed by atoms with van der Waals surface area (Å²) in [5.41, 5.74) is -0.919. The van der Waals surface area contributed by atoms with Gasteiger partial charge in [-0.2, -0.15) is 4.39 Å². The second-order valence-electron chi connectivity index (χ2n) is 4.29. The molecule has 1 saturated heterocycles. The highest BCUT2D eigenvalue weighted by Gasteiger charge is 2.39. The molecule has 1 atom stereocenters. The van der Waals surface area contributed by atoms with Crippen LogP contribution in [0.3, 0.4) is 0 Å². The predicted octanol–water partition coefficient (Wildman–Crippen LogP) is 1.26. The summed E-state index contributed by atoms with van der Waals surface area (Å²) >= 11 is 0. The van der Waals surface area contributed by atoms with E-state index in [1.54, 1.807) is 0 Å². The Hall–Kier alpha value is -2.51. The van der Waals surface area contributed by atoms with Crippen LogP contribution < -0.4 is 4.90 Å². The van der Waals surface area contributed by atoms with E-state index in [4.69, 9.17) is 0 Å². The molecule has 20 heavy (non-hydrogen) atoms. The van der Waals surface area contributed by atoms with Gasteiger partial charge >= 0.3 is 11.7 Å². The van der Waals surface area contributed by atoms with Crippen LogP contribution in [-0.2, 0) is 14.3 Å². The van der Waals surface area contributed by atoms with Gasteiger partial charge in [-0.3, -0.25) is 19.7 Å². The molecule has 2 rings (SSSR count). The Kier molecular flexibility index (Phi) is 3.64. The molecule has 1 aliphatic heterocycles. The van der Waals surface area contributed by atoms with Gasteiger partial charge in [0.2, 0.25) is 11.7 Å². The van der Waals surface area contributed by atoms with Crippen molar-refractivity contribution in [2.45, 2.75) is 6.42 Å². The Morgan fingerprint density at radius 3 is 2.85 bits per heavy atom. The summed E-state index contributed by atoms with van der Waals surface area (Å²) < 4.78 is 18.1. The van der Waals surface area contributed by atoms with Crippen LogP contribution in [0.5, 0.6) is 0 Å². The normalized spacial score (nSPS) is 18.2. The minimum atomic E-state index is -1.03. The summed E-state index contributed by atoms with van der Waals surface area (Å²) in [6.45, 7) is -0.0597. The molecule has 1 aromatic carbocycles. The van der Waals surface area contributed by atoms with Crippen LogP contribution in [0.2, 0.25) is 0 Å². The fraction of sp³-hybridized carbons (Fsp3) is 0.333. The third-order valence-electron chi connectivity index (χ3n) is 3.10. The number of benzene rings is 1. The molecular weight excluding hydrogens is 271 g/mol. The van der Waals surface area contributed by atoms with Crippen molar-refractivity contribution >= 4 is 23.3 Å². The Morgan fingerprint density at radius 1 is 1.55 bits per heavy atom. The number of anilines is 1. The number of methoxy groups -OCH3 is 1. The molecule has 1 aromatic rings. The number of para-hydroxylation sites is 1. The maximum Gasteiger partial charge on any atom is 0.328 e. The molecule has 8 heteroatoms. The van der Waals surface area contributed by atoms with Crippen LogP contribution in [0.15, 0.2) is 18.2 Å². The highest BCUT2D eigenvalue weighted by molar-refractivity contribution is 6.01. The van der Waals surface area contributed by atoms with Crippen molar-refractivity contribution in [1.29, 1.82) is 0 Å². The standard InChI is InChI=1S/C12H11FN2O5/c1-20-12(17)7-5-10(16)14(6-7)9-4-2-3-8(13)11(9)15(18)19/h2-4,7H,5-6H2,1H3. The molecule has 0 saturated carbocycles. The quantitative estimate of drug-likeness (QED) is 0.473. The van der Waals surface area contributed by atoms with Crippen LogP contribution in [0.1, 0.15) is 6.42 Å². The molecule has 0 N–H and O–H groups in total. The van der Waals surface area contributed by atoms with Gasteiger partial charge in [-0.15, -0.1) is 0 Å². The SMILES string of the molecule is COC(=O)C1CC(=O)N(c2cccc(F)c2[N+](=O)[O-])C1. The van der Waals surface area contributed by atoms with E-state index in [-0.39, 0.29) is 18.7 Å². The Morgan fingerprint density at radius 2 is 2.25 bits per heavy atom. The smallest absolute Gasteiger partial charge is 0.328 e. The Balaban J connectivity index is 2.38. The van der Waals surface area contributed by atoms with E-state index >= 15 is 0 Å². The zero-order chi connectivity index (χ0) is 14.9. The second-order valence-corrected chi connectivity index (χ2v) is 4.29. The van der Waals surface area contributed by atoms with Crippen molar-refractivity contribution < 1.29 is 23.6 Å². The van der Waals surface area contributed by atoms with Crippen LogP contribution in [0.4, 0.5) is 15.8 Å². The first kappa shape index (κ1) is 13.9. The lowest BCUT2D eigenvalue weighted by Crippen LogP contribution is -2.27. The van der Waals surface area contributed by atoms with Crippen LogP contribution in [0.25, 0.3) is 0 Å². The average Bonchev–Trinajstić information content (AvgIpc) is 2.79. The first-order valence-electron chi connectivity index (χ1n) is 5.76. The van der Waals surface area contributed by atoms with Crippen LogP contribution >= 0.6 is 0 Å². The Bertz CT molecular complexity index is 589. The summed E-state index contributed by atoms with van der Waals surface area (Å²) in [6, 6.07) is 3.50. The first-order chi connectivity index (χ1) is 9.45. The average molecular weight is 282 g/mol. The summed E-state index contributed by atoms with van der Waals surface area (Å²) in [5.74, 6) is -2.77. The summed E-state index contributed by atoms with van der Waals surface area (Å²) in [4.78, 5) is 34.4. The molecule has 0 aliphatic carbocycles. The van der Waals surface area contributed by atoms with Gasteiger partial charge in [0.1, 0.15) is 5.69 Å². The van der Waals surface area contributed by atoms with E-state index in [0.29, 0.717) is 0 Å². The van der Waals surface area contributed by atoms with E-state index in [0.717, 1.165) is 11.0 Å². The summed E-state index contributed by atoms with van der Waals surface area (Å²) in [6.07, 6.45) is -0.111. The number of nitro benzene ring substituents is 1. The summed E-state index contributed by atoms with van der Waals surface area (Å²) in [7, 11) is 1.19. The van der Waals surface area contributed by atoms with Gasteiger partial charge in [0.05, 0.1) is 18.0 Å². The second kappa shape index (κ2) is 5.24. The van der Waals surface area contributed by atoms with E-state index in [9.17, 15) is 24.1 Å². The van der Waals surface area contributed by atoms with E-state index in [2.05, 4.69) is 4.74 Å². The minimum Gasteiger partial charge on any atom is -0.469 e. The number of amides is 1. The number of hydrogen-bond donors (Lipinski definition) is 0. The van der Waals surface area contributed by atoms with Gasteiger partial charge < -0.3 is 9.64 Å². The number of halogens is 1. The molecule has 1 amide bonds. The van der Waals surface area contributed by atoms with Crippen molar-refractivity contribution in [1.82, 2.24) is 0 Å². The monoisotopic (exact) mass is 282 g/mol. The van der Waals surface area contributed by atoms with Gasteiger partial charge in [0, 0.05) is 13.0 Å². The van der Waals surface area contributed by atoms with E-state index in [1.807, 2.05) is 0 Å². The fourth-order valence-corrected chi connectivity index (χ4v) is 2.17. The number of nitrogens with zero attached hydrogens (tertiary/aromatic N) is 2. The molecule has 0 radical (unpaired) electrons. The number of carbonyl (C=O) groups excluding carboxylic acids is 2. The lowest BCUT2D eigenvalue weighted by molar-refractivity contribution is -0.386. The third kappa shape index (κ3) is 2.31.